The van der Waals surface area contributed by atoms with Crippen LogP contribution in [0.2, 0.25) is 0 Å². The third kappa shape index (κ3) is 1.27. The third-order valence-electron chi connectivity index (χ3n) is 2.15. The molecule has 0 aliphatic heterocycles. The summed E-state index contributed by atoms with van der Waals surface area (Å²) in [6, 6.07) is 7.98. The van der Waals surface area contributed by atoms with E-state index >= 15 is 0 Å². The molecule has 0 saturated heterocycles. The van der Waals surface area contributed by atoms with Crippen molar-refractivity contribution in [3.05, 3.63) is 48.0 Å². The Kier molecular flexibility index (Phi) is 2.04. The van der Waals surface area contributed by atoms with Crippen LogP contribution in [0.5, 0.6) is 0 Å². The summed E-state index contributed by atoms with van der Waals surface area (Å²) in [6.07, 6.45) is 5.22. The van der Waals surface area contributed by atoms with Crippen molar-refractivity contribution in [2.45, 2.75) is 6.92 Å². The Morgan fingerprint density at radius 2 is 2.29 bits per heavy atom. The first-order chi connectivity index (χ1) is 6.83. The van der Waals surface area contributed by atoms with Crippen LogP contribution in [0.1, 0.15) is 11.1 Å². The van der Waals surface area contributed by atoms with Crippen molar-refractivity contribution in [1.29, 1.82) is 5.26 Å². The molecule has 0 aliphatic carbocycles. The fourth-order valence-corrected chi connectivity index (χ4v) is 1.41. The van der Waals surface area contributed by atoms with Crippen LogP contribution in [0.15, 0.2) is 36.9 Å². The highest BCUT2D eigenvalue weighted by atomic mass is 15.0. The second-order valence-corrected chi connectivity index (χ2v) is 3.05. The lowest BCUT2D eigenvalue weighted by Gasteiger charge is -2.06. The van der Waals surface area contributed by atoms with E-state index in [-0.39, 0.29) is 0 Å². The van der Waals surface area contributed by atoms with Gasteiger partial charge in [-0.3, -0.25) is 0 Å². The van der Waals surface area contributed by atoms with Gasteiger partial charge >= 0.3 is 0 Å². The summed E-state index contributed by atoms with van der Waals surface area (Å²) in [5.41, 5.74) is 2.56. The van der Waals surface area contributed by atoms with Gasteiger partial charge in [0.25, 0.3) is 0 Å². The molecule has 3 nitrogen and oxygen atoms in total. The zero-order valence-corrected chi connectivity index (χ0v) is 7.81. The molecule has 2 aromatic rings. The molecule has 0 atom stereocenters. The number of aromatic nitrogens is 2. The van der Waals surface area contributed by atoms with Crippen molar-refractivity contribution in [3.63, 3.8) is 0 Å². The van der Waals surface area contributed by atoms with Gasteiger partial charge in [-0.1, -0.05) is 12.1 Å². The lowest BCUT2D eigenvalue weighted by Crippen LogP contribution is -1.96. The predicted octanol–water partition coefficient (Wildman–Crippen LogP) is 2.05. The normalized spacial score (nSPS) is 9.71. The van der Waals surface area contributed by atoms with Crippen molar-refractivity contribution in [2.24, 2.45) is 0 Å². The van der Waals surface area contributed by atoms with Crippen LogP contribution in [-0.4, -0.2) is 9.55 Å². The van der Waals surface area contributed by atoms with E-state index in [0.29, 0.717) is 5.56 Å². The molecule has 0 N–H and O–H groups in total. The van der Waals surface area contributed by atoms with Crippen LogP contribution in [0, 0.1) is 18.3 Å². The molecule has 0 amide bonds. The number of hydrogen-bond acceptors (Lipinski definition) is 2. The molecule has 0 fully saturated rings. The van der Waals surface area contributed by atoms with Gasteiger partial charge in [-0.05, 0) is 18.6 Å². The quantitative estimate of drug-likeness (QED) is 0.679. The fourth-order valence-electron chi connectivity index (χ4n) is 1.41. The third-order valence-corrected chi connectivity index (χ3v) is 2.15. The number of aryl methyl sites for hydroxylation is 1. The van der Waals surface area contributed by atoms with E-state index in [1.807, 2.05) is 35.9 Å². The first kappa shape index (κ1) is 8.52. The summed E-state index contributed by atoms with van der Waals surface area (Å²) >= 11 is 0. The number of hydrogen-bond donors (Lipinski definition) is 0. The molecule has 2 rings (SSSR count). The average molecular weight is 183 g/mol. The summed E-state index contributed by atoms with van der Waals surface area (Å²) in [4.78, 5) is 3.96. The molecule has 14 heavy (non-hydrogen) atoms. The minimum Gasteiger partial charge on any atom is -0.305 e. The molecule has 68 valence electrons. The fraction of sp³-hybridized carbons (Fsp3) is 0.0909. The summed E-state index contributed by atoms with van der Waals surface area (Å²) in [6.45, 7) is 1.93. The van der Waals surface area contributed by atoms with E-state index in [2.05, 4.69) is 11.1 Å². The summed E-state index contributed by atoms with van der Waals surface area (Å²) in [5.74, 6) is 0. The van der Waals surface area contributed by atoms with Crippen molar-refractivity contribution < 1.29 is 0 Å². The Labute approximate surface area is 82.2 Å². The molecule has 3 heteroatoms. The Balaban J connectivity index is 2.66. The second-order valence-electron chi connectivity index (χ2n) is 3.05. The van der Waals surface area contributed by atoms with Gasteiger partial charge in [0.15, 0.2) is 0 Å². The predicted molar refractivity (Wildman–Crippen MR) is 53.0 cm³/mol. The summed E-state index contributed by atoms with van der Waals surface area (Å²) in [5, 5.41) is 9.01. The lowest BCUT2D eigenvalue weighted by molar-refractivity contribution is 1.04. The number of nitrogens with zero attached hydrogens (tertiary/aromatic N) is 3. The largest absolute Gasteiger partial charge is 0.305 e. The number of rotatable bonds is 1. The van der Waals surface area contributed by atoms with E-state index in [1.165, 1.54) is 0 Å². The van der Waals surface area contributed by atoms with Gasteiger partial charge in [0.2, 0.25) is 0 Å². The van der Waals surface area contributed by atoms with Crippen molar-refractivity contribution in [3.8, 4) is 11.8 Å². The van der Waals surface area contributed by atoms with Crippen LogP contribution in [0.4, 0.5) is 0 Å². The molecule has 0 aliphatic rings. The maximum Gasteiger partial charge on any atom is 0.102 e. The zero-order chi connectivity index (χ0) is 9.97. The molecule has 1 aromatic heterocycles. The Morgan fingerprint density at radius 3 is 2.93 bits per heavy atom. The highest BCUT2D eigenvalue weighted by Crippen LogP contribution is 2.16. The van der Waals surface area contributed by atoms with Gasteiger partial charge in [-0.2, -0.15) is 5.26 Å². The van der Waals surface area contributed by atoms with Gasteiger partial charge in [0.05, 0.1) is 17.6 Å². The molecule has 0 spiro atoms. The molecular formula is C11H9N3. The second kappa shape index (κ2) is 3.35. The monoisotopic (exact) mass is 183 g/mol. The van der Waals surface area contributed by atoms with Crippen molar-refractivity contribution in [1.82, 2.24) is 9.55 Å². The maximum absolute atomic E-state index is 9.01. The number of nitriles is 1. The van der Waals surface area contributed by atoms with Gasteiger partial charge in [-0.25, -0.2) is 4.98 Å². The van der Waals surface area contributed by atoms with Crippen LogP contribution in [0.3, 0.4) is 0 Å². The van der Waals surface area contributed by atoms with Gasteiger partial charge in [-0.15, -0.1) is 0 Å². The molecular weight excluding hydrogens is 174 g/mol. The number of benzene rings is 1. The molecule has 1 heterocycles. The minimum absolute atomic E-state index is 0.700. The van der Waals surface area contributed by atoms with E-state index < -0.39 is 0 Å². The minimum atomic E-state index is 0.700. The first-order valence-corrected chi connectivity index (χ1v) is 4.31. The van der Waals surface area contributed by atoms with Gasteiger partial charge < -0.3 is 4.57 Å². The standard InChI is InChI=1S/C11H9N3/c1-9-3-2-4-11(10(9)7-12)14-6-5-13-8-14/h2-6,8H,1H3. The highest BCUT2D eigenvalue weighted by molar-refractivity contribution is 5.52. The van der Waals surface area contributed by atoms with Crippen molar-refractivity contribution in [2.75, 3.05) is 0 Å². The van der Waals surface area contributed by atoms with Gasteiger partial charge in [0.1, 0.15) is 6.07 Å². The molecule has 1 aromatic carbocycles. The summed E-state index contributed by atoms with van der Waals surface area (Å²) < 4.78 is 1.84. The van der Waals surface area contributed by atoms with Gasteiger partial charge in [0, 0.05) is 12.4 Å². The van der Waals surface area contributed by atoms with Crippen molar-refractivity contribution >= 4 is 0 Å². The topological polar surface area (TPSA) is 41.6 Å². The first-order valence-electron chi connectivity index (χ1n) is 4.31. The lowest BCUT2D eigenvalue weighted by atomic mass is 10.1. The molecule has 0 unspecified atom stereocenters. The van der Waals surface area contributed by atoms with E-state index in [4.69, 9.17) is 5.26 Å². The van der Waals surface area contributed by atoms with Crippen LogP contribution < -0.4 is 0 Å². The molecule has 0 saturated carbocycles. The maximum atomic E-state index is 9.01. The average Bonchev–Trinajstić information content (AvgIpc) is 2.70. The smallest absolute Gasteiger partial charge is 0.102 e. The molecule has 0 bridgehead atoms. The van der Waals surface area contributed by atoms with Crippen LogP contribution >= 0.6 is 0 Å². The number of imidazole rings is 1. The zero-order valence-electron chi connectivity index (χ0n) is 7.81. The highest BCUT2D eigenvalue weighted by Gasteiger charge is 2.05. The Bertz CT molecular complexity index is 478. The Morgan fingerprint density at radius 1 is 1.43 bits per heavy atom. The van der Waals surface area contributed by atoms with Crippen LogP contribution in [-0.2, 0) is 0 Å². The molecule has 0 radical (unpaired) electrons. The van der Waals surface area contributed by atoms with Crippen LogP contribution in [0.25, 0.3) is 5.69 Å². The van der Waals surface area contributed by atoms with E-state index in [0.717, 1.165) is 11.3 Å². The SMILES string of the molecule is Cc1cccc(-n2ccnc2)c1C#N. The van der Waals surface area contributed by atoms with E-state index in [1.54, 1.807) is 12.5 Å². The van der Waals surface area contributed by atoms with E-state index in [9.17, 15) is 0 Å². The summed E-state index contributed by atoms with van der Waals surface area (Å²) in [7, 11) is 0. The Hall–Kier alpha value is -2.08.